The average Bonchev–Trinajstić information content (AvgIpc) is 2.66. The van der Waals surface area contributed by atoms with Crippen molar-refractivity contribution in [2.24, 2.45) is 11.7 Å². The van der Waals surface area contributed by atoms with Gasteiger partial charge in [0.05, 0.1) is 17.8 Å². The highest BCUT2D eigenvalue weighted by atomic mass is 16.5. The van der Waals surface area contributed by atoms with E-state index in [1.165, 1.54) is 0 Å². The minimum Gasteiger partial charge on any atom is -0.370 e. The molecule has 19 heavy (non-hydrogen) atoms. The molecule has 4 heteroatoms. The van der Waals surface area contributed by atoms with E-state index in [0.29, 0.717) is 5.92 Å². The number of nitrogens with two attached hydrogens (primary N) is 1. The van der Waals surface area contributed by atoms with Crippen molar-refractivity contribution >= 4 is 0 Å². The fourth-order valence-corrected chi connectivity index (χ4v) is 3.75. The Bertz CT molecular complexity index is 363. The van der Waals surface area contributed by atoms with Gasteiger partial charge in [-0.2, -0.15) is 5.26 Å². The molecule has 2 rings (SSSR count). The zero-order valence-corrected chi connectivity index (χ0v) is 12.5. The smallest absolute Gasteiger partial charge is 0.107 e. The van der Waals surface area contributed by atoms with Crippen molar-refractivity contribution in [2.75, 3.05) is 19.6 Å². The van der Waals surface area contributed by atoms with Gasteiger partial charge in [-0.25, -0.2) is 0 Å². The Morgan fingerprint density at radius 3 is 2.84 bits per heavy atom. The third-order valence-electron chi connectivity index (χ3n) is 4.51. The molecule has 108 valence electrons. The molecule has 0 aromatic carbocycles. The predicted molar refractivity (Wildman–Crippen MR) is 75.6 cm³/mol. The van der Waals surface area contributed by atoms with Gasteiger partial charge in [0.15, 0.2) is 0 Å². The lowest BCUT2D eigenvalue weighted by atomic mass is 9.87. The summed E-state index contributed by atoms with van der Waals surface area (Å²) in [6.07, 6.45) is 4.38. The summed E-state index contributed by atoms with van der Waals surface area (Å²) in [5, 5.41) is 9.25. The van der Waals surface area contributed by atoms with Gasteiger partial charge in [-0.3, -0.25) is 4.90 Å². The van der Waals surface area contributed by atoms with E-state index in [2.05, 4.69) is 31.7 Å². The first-order valence-corrected chi connectivity index (χ1v) is 7.45. The maximum atomic E-state index is 9.25. The summed E-state index contributed by atoms with van der Waals surface area (Å²) in [6.45, 7) is 9.41. The molecule has 0 radical (unpaired) electrons. The van der Waals surface area contributed by atoms with E-state index >= 15 is 0 Å². The summed E-state index contributed by atoms with van der Waals surface area (Å²) in [4.78, 5) is 2.46. The van der Waals surface area contributed by atoms with Crippen LogP contribution in [0.3, 0.4) is 0 Å². The van der Waals surface area contributed by atoms with Crippen molar-refractivity contribution in [1.82, 2.24) is 4.90 Å². The van der Waals surface area contributed by atoms with Crippen LogP contribution in [0.4, 0.5) is 0 Å². The Kier molecular flexibility index (Phi) is 4.20. The molecule has 0 amide bonds. The lowest BCUT2D eigenvalue weighted by Crippen LogP contribution is -2.52. The Hall–Kier alpha value is -0.630. The molecule has 1 saturated heterocycles. The van der Waals surface area contributed by atoms with Crippen LogP contribution in [0, 0.1) is 17.2 Å². The molecule has 1 aliphatic carbocycles. The summed E-state index contributed by atoms with van der Waals surface area (Å²) in [5.74, 6) is 0.360. The normalized spacial score (nSPS) is 39.1. The van der Waals surface area contributed by atoms with Crippen LogP contribution in [-0.4, -0.2) is 41.8 Å². The van der Waals surface area contributed by atoms with Crippen LogP contribution in [0.2, 0.25) is 0 Å². The zero-order valence-electron chi connectivity index (χ0n) is 12.5. The molecule has 2 fully saturated rings. The molecular weight excluding hydrogens is 238 g/mol. The van der Waals surface area contributed by atoms with Crippen LogP contribution in [0.5, 0.6) is 0 Å². The van der Waals surface area contributed by atoms with Gasteiger partial charge in [-0.1, -0.05) is 6.42 Å². The van der Waals surface area contributed by atoms with E-state index in [4.69, 9.17) is 10.5 Å². The Balaban J connectivity index is 1.87. The van der Waals surface area contributed by atoms with Crippen LogP contribution < -0.4 is 5.73 Å². The summed E-state index contributed by atoms with van der Waals surface area (Å²) < 4.78 is 5.92. The standard InChI is InChI=1S/C15H27N3O/c1-12-9-18(11-14(2,3)19-12)8-6-13-5-4-7-15(13,17)10-16/h12-13H,4-9,11,17H2,1-3H3. The van der Waals surface area contributed by atoms with Crippen LogP contribution in [0.25, 0.3) is 0 Å². The van der Waals surface area contributed by atoms with Crippen molar-refractivity contribution in [3.05, 3.63) is 0 Å². The molecule has 1 heterocycles. The molecule has 2 aliphatic rings. The first kappa shape index (κ1) is 14.8. The topological polar surface area (TPSA) is 62.3 Å². The van der Waals surface area contributed by atoms with Crippen molar-refractivity contribution in [3.63, 3.8) is 0 Å². The van der Waals surface area contributed by atoms with Crippen LogP contribution in [-0.2, 0) is 4.74 Å². The van der Waals surface area contributed by atoms with Crippen LogP contribution in [0.1, 0.15) is 46.5 Å². The summed E-state index contributed by atoms with van der Waals surface area (Å²) >= 11 is 0. The number of nitriles is 1. The van der Waals surface area contributed by atoms with E-state index < -0.39 is 5.54 Å². The first-order valence-electron chi connectivity index (χ1n) is 7.45. The van der Waals surface area contributed by atoms with Gasteiger partial charge in [-0.05, 0) is 52.5 Å². The van der Waals surface area contributed by atoms with Gasteiger partial charge in [0.25, 0.3) is 0 Å². The first-order chi connectivity index (χ1) is 8.85. The third-order valence-corrected chi connectivity index (χ3v) is 4.51. The number of ether oxygens (including phenoxy) is 1. The molecule has 1 aliphatic heterocycles. The largest absolute Gasteiger partial charge is 0.370 e. The quantitative estimate of drug-likeness (QED) is 0.846. The molecule has 0 bridgehead atoms. The molecule has 4 nitrogen and oxygen atoms in total. The van der Waals surface area contributed by atoms with E-state index in [9.17, 15) is 5.26 Å². The molecule has 2 N–H and O–H groups in total. The van der Waals surface area contributed by atoms with Crippen molar-refractivity contribution in [3.8, 4) is 6.07 Å². The monoisotopic (exact) mass is 265 g/mol. The molecule has 0 aromatic heterocycles. The van der Waals surface area contributed by atoms with Gasteiger partial charge in [0.2, 0.25) is 0 Å². The van der Waals surface area contributed by atoms with E-state index in [1.807, 2.05) is 0 Å². The second-order valence-electron chi connectivity index (χ2n) is 6.95. The van der Waals surface area contributed by atoms with Gasteiger partial charge in [-0.15, -0.1) is 0 Å². The molecule has 0 spiro atoms. The number of rotatable bonds is 3. The van der Waals surface area contributed by atoms with Crippen molar-refractivity contribution < 1.29 is 4.74 Å². The highest BCUT2D eigenvalue weighted by Crippen LogP contribution is 2.36. The second kappa shape index (κ2) is 5.40. The maximum absolute atomic E-state index is 9.25. The number of nitrogens with zero attached hydrogens (tertiary/aromatic N) is 2. The highest BCUT2D eigenvalue weighted by molar-refractivity contribution is 5.12. The third kappa shape index (κ3) is 3.47. The number of morpholine rings is 1. The summed E-state index contributed by atoms with van der Waals surface area (Å²) in [7, 11) is 0. The van der Waals surface area contributed by atoms with Crippen LogP contribution >= 0.6 is 0 Å². The molecular formula is C15H27N3O. The lowest BCUT2D eigenvalue weighted by Gasteiger charge is -2.42. The Morgan fingerprint density at radius 1 is 1.47 bits per heavy atom. The van der Waals surface area contributed by atoms with Crippen molar-refractivity contribution in [1.29, 1.82) is 5.26 Å². The predicted octanol–water partition coefficient (Wildman–Crippen LogP) is 1.90. The Labute approximate surface area is 116 Å². The van der Waals surface area contributed by atoms with Crippen molar-refractivity contribution in [2.45, 2.75) is 63.7 Å². The van der Waals surface area contributed by atoms with E-state index in [-0.39, 0.29) is 11.7 Å². The average molecular weight is 265 g/mol. The molecule has 3 unspecified atom stereocenters. The minimum atomic E-state index is -0.576. The highest BCUT2D eigenvalue weighted by Gasteiger charge is 2.40. The molecule has 3 atom stereocenters. The molecule has 0 aromatic rings. The number of hydrogen-bond donors (Lipinski definition) is 1. The fraction of sp³-hybridized carbons (Fsp3) is 0.933. The SMILES string of the molecule is CC1CN(CCC2CCCC2(N)C#N)CC(C)(C)O1. The van der Waals surface area contributed by atoms with E-state index in [1.54, 1.807) is 0 Å². The van der Waals surface area contributed by atoms with Crippen LogP contribution in [0.15, 0.2) is 0 Å². The Morgan fingerprint density at radius 2 is 2.21 bits per heavy atom. The summed E-state index contributed by atoms with van der Waals surface area (Å²) in [5.41, 5.74) is 5.55. The maximum Gasteiger partial charge on any atom is 0.107 e. The molecule has 1 saturated carbocycles. The zero-order chi connectivity index (χ0) is 14.1. The van der Waals surface area contributed by atoms with Gasteiger partial charge < -0.3 is 10.5 Å². The van der Waals surface area contributed by atoms with Gasteiger partial charge in [0, 0.05) is 13.1 Å². The minimum absolute atomic E-state index is 0.0671. The van der Waals surface area contributed by atoms with Gasteiger partial charge in [0.1, 0.15) is 5.54 Å². The van der Waals surface area contributed by atoms with E-state index in [0.717, 1.165) is 45.3 Å². The second-order valence-corrected chi connectivity index (χ2v) is 6.95. The lowest BCUT2D eigenvalue weighted by molar-refractivity contribution is -0.129. The fourth-order valence-electron chi connectivity index (χ4n) is 3.75. The summed E-state index contributed by atoms with van der Waals surface area (Å²) in [6, 6.07) is 2.34. The number of hydrogen-bond acceptors (Lipinski definition) is 4. The van der Waals surface area contributed by atoms with Gasteiger partial charge >= 0.3 is 0 Å².